The molecule has 21 heavy (non-hydrogen) atoms. The van der Waals surface area contributed by atoms with Gasteiger partial charge in [0, 0.05) is 13.1 Å². The second-order valence-corrected chi connectivity index (χ2v) is 5.67. The minimum Gasteiger partial charge on any atom is -0.388 e. The van der Waals surface area contributed by atoms with Gasteiger partial charge < -0.3 is 15.7 Å². The monoisotopic (exact) mass is 294 g/mol. The number of likely N-dealkylation sites (tertiary alicyclic amines) is 1. The number of hydrogen-bond acceptors (Lipinski definition) is 3. The lowest BCUT2D eigenvalue weighted by Crippen LogP contribution is -2.47. The molecule has 0 aromatic heterocycles. The number of piperidine rings is 1. The maximum atomic E-state index is 12.9. The summed E-state index contributed by atoms with van der Waals surface area (Å²) in [5.41, 5.74) is 6.50. The van der Waals surface area contributed by atoms with Gasteiger partial charge in [-0.1, -0.05) is 19.1 Å². The van der Waals surface area contributed by atoms with Crippen LogP contribution in [-0.4, -0.2) is 35.0 Å². The van der Waals surface area contributed by atoms with Crippen LogP contribution in [0.3, 0.4) is 0 Å². The number of nitrogens with zero attached hydrogens (tertiary/aromatic N) is 1. The van der Waals surface area contributed by atoms with E-state index in [1.165, 1.54) is 12.1 Å². The van der Waals surface area contributed by atoms with Gasteiger partial charge in [-0.2, -0.15) is 0 Å². The van der Waals surface area contributed by atoms with Gasteiger partial charge in [0.05, 0.1) is 12.1 Å². The van der Waals surface area contributed by atoms with Gasteiger partial charge in [0.1, 0.15) is 5.82 Å². The van der Waals surface area contributed by atoms with Gasteiger partial charge in [-0.3, -0.25) is 4.79 Å². The fourth-order valence-electron chi connectivity index (χ4n) is 2.78. The van der Waals surface area contributed by atoms with E-state index >= 15 is 0 Å². The lowest BCUT2D eigenvalue weighted by atomic mass is 9.87. The Morgan fingerprint density at radius 3 is 2.48 bits per heavy atom. The number of halogens is 1. The molecule has 2 rings (SSSR count). The van der Waals surface area contributed by atoms with E-state index in [4.69, 9.17) is 5.73 Å². The Balaban J connectivity index is 1.91. The van der Waals surface area contributed by atoms with Crippen molar-refractivity contribution in [2.75, 3.05) is 13.1 Å². The van der Waals surface area contributed by atoms with E-state index in [9.17, 15) is 14.3 Å². The SMILES string of the molecule is CC[C@H](N)C(=O)N1CCC(C(O)c2ccc(F)cc2)CC1. The summed E-state index contributed by atoms with van der Waals surface area (Å²) >= 11 is 0. The van der Waals surface area contributed by atoms with Crippen LogP contribution in [0.1, 0.15) is 37.9 Å². The minimum atomic E-state index is -0.609. The van der Waals surface area contributed by atoms with E-state index < -0.39 is 12.1 Å². The largest absolute Gasteiger partial charge is 0.388 e. The molecule has 1 saturated heterocycles. The van der Waals surface area contributed by atoms with Crippen molar-refractivity contribution in [1.29, 1.82) is 0 Å². The smallest absolute Gasteiger partial charge is 0.239 e. The molecule has 0 spiro atoms. The number of hydrogen-bond donors (Lipinski definition) is 2. The normalized spacial score (nSPS) is 19.3. The molecule has 1 unspecified atom stereocenters. The van der Waals surface area contributed by atoms with Gasteiger partial charge >= 0.3 is 0 Å². The molecule has 1 aliphatic rings. The van der Waals surface area contributed by atoms with Crippen LogP contribution in [0.2, 0.25) is 0 Å². The zero-order valence-corrected chi connectivity index (χ0v) is 12.3. The first-order valence-corrected chi connectivity index (χ1v) is 7.50. The van der Waals surface area contributed by atoms with Crippen LogP contribution in [0, 0.1) is 11.7 Å². The van der Waals surface area contributed by atoms with E-state index in [0.29, 0.717) is 19.5 Å². The lowest BCUT2D eigenvalue weighted by molar-refractivity contribution is -0.134. The number of carbonyl (C=O) groups is 1. The molecule has 0 bridgehead atoms. The van der Waals surface area contributed by atoms with Crippen molar-refractivity contribution in [2.45, 2.75) is 38.3 Å². The summed E-state index contributed by atoms with van der Waals surface area (Å²) in [6.45, 7) is 3.14. The highest BCUT2D eigenvalue weighted by Gasteiger charge is 2.29. The molecule has 1 aromatic rings. The van der Waals surface area contributed by atoms with Crippen LogP contribution in [-0.2, 0) is 4.79 Å². The molecule has 2 atom stereocenters. The fourth-order valence-corrected chi connectivity index (χ4v) is 2.78. The Labute approximate surface area is 124 Å². The Morgan fingerprint density at radius 2 is 1.95 bits per heavy atom. The zero-order valence-electron chi connectivity index (χ0n) is 12.3. The summed E-state index contributed by atoms with van der Waals surface area (Å²) in [5, 5.41) is 10.4. The van der Waals surface area contributed by atoms with Crippen molar-refractivity contribution in [3.8, 4) is 0 Å². The Hall–Kier alpha value is -1.46. The fraction of sp³-hybridized carbons (Fsp3) is 0.562. The Kier molecular flexibility index (Phi) is 5.31. The molecular weight excluding hydrogens is 271 g/mol. The summed E-state index contributed by atoms with van der Waals surface area (Å²) in [4.78, 5) is 13.8. The molecule has 0 aliphatic carbocycles. The van der Waals surface area contributed by atoms with Gasteiger partial charge in [0.25, 0.3) is 0 Å². The molecule has 1 amide bonds. The van der Waals surface area contributed by atoms with E-state index in [2.05, 4.69) is 0 Å². The van der Waals surface area contributed by atoms with Crippen LogP contribution < -0.4 is 5.73 Å². The number of nitrogens with two attached hydrogens (primary N) is 1. The summed E-state index contributed by atoms with van der Waals surface area (Å²) in [6, 6.07) is 5.52. The first-order chi connectivity index (χ1) is 10.0. The third-order valence-electron chi connectivity index (χ3n) is 4.27. The van der Waals surface area contributed by atoms with Crippen molar-refractivity contribution < 1.29 is 14.3 Å². The van der Waals surface area contributed by atoms with Crippen molar-refractivity contribution in [1.82, 2.24) is 4.90 Å². The third-order valence-corrected chi connectivity index (χ3v) is 4.27. The molecule has 0 radical (unpaired) electrons. The van der Waals surface area contributed by atoms with Gasteiger partial charge in [0.2, 0.25) is 5.91 Å². The first-order valence-electron chi connectivity index (χ1n) is 7.50. The molecule has 5 heteroatoms. The Morgan fingerprint density at radius 1 is 1.38 bits per heavy atom. The molecule has 1 aliphatic heterocycles. The van der Waals surface area contributed by atoms with Crippen LogP contribution in [0.25, 0.3) is 0 Å². The maximum Gasteiger partial charge on any atom is 0.239 e. The molecule has 4 nitrogen and oxygen atoms in total. The van der Waals surface area contributed by atoms with Gasteiger partial charge in [-0.15, -0.1) is 0 Å². The van der Waals surface area contributed by atoms with Crippen molar-refractivity contribution in [3.63, 3.8) is 0 Å². The number of rotatable bonds is 4. The van der Waals surface area contributed by atoms with E-state index in [-0.39, 0.29) is 17.6 Å². The van der Waals surface area contributed by atoms with Crippen LogP contribution >= 0.6 is 0 Å². The highest BCUT2D eigenvalue weighted by Crippen LogP contribution is 2.30. The summed E-state index contributed by atoms with van der Waals surface area (Å²) < 4.78 is 12.9. The topological polar surface area (TPSA) is 66.6 Å². The summed E-state index contributed by atoms with van der Waals surface area (Å²) in [6.07, 6.45) is 1.50. The quantitative estimate of drug-likeness (QED) is 0.890. The molecule has 1 heterocycles. The summed E-state index contributed by atoms with van der Waals surface area (Å²) in [7, 11) is 0. The zero-order chi connectivity index (χ0) is 15.4. The van der Waals surface area contributed by atoms with Crippen LogP contribution in [0.15, 0.2) is 24.3 Å². The van der Waals surface area contributed by atoms with E-state index in [1.54, 1.807) is 17.0 Å². The first kappa shape index (κ1) is 15.9. The highest BCUT2D eigenvalue weighted by molar-refractivity contribution is 5.81. The van der Waals surface area contributed by atoms with Crippen LogP contribution in [0.5, 0.6) is 0 Å². The van der Waals surface area contributed by atoms with Crippen molar-refractivity contribution >= 4 is 5.91 Å². The van der Waals surface area contributed by atoms with Crippen molar-refractivity contribution in [3.05, 3.63) is 35.6 Å². The number of benzene rings is 1. The number of aliphatic hydroxyl groups excluding tert-OH is 1. The lowest BCUT2D eigenvalue weighted by Gasteiger charge is -2.35. The second kappa shape index (κ2) is 7.00. The third kappa shape index (κ3) is 3.80. The minimum absolute atomic E-state index is 0.00720. The summed E-state index contributed by atoms with van der Waals surface area (Å²) in [5.74, 6) is -0.218. The predicted octanol–water partition coefficient (Wildman–Crippen LogP) is 1.83. The van der Waals surface area contributed by atoms with Crippen molar-refractivity contribution in [2.24, 2.45) is 11.7 Å². The van der Waals surface area contributed by atoms with Gasteiger partial charge in [-0.05, 0) is 42.9 Å². The van der Waals surface area contributed by atoms with Crippen LogP contribution in [0.4, 0.5) is 4.39 Å². The van der Waals surface area contributed by atoms with Gasteiger partial charge in [-0.25, -0.2) is 4.39 Å². The molecule has 0 saturated carbocycles. The van der Waals surface area contributed by atoms with E-state index in [1.807, 2.05) is 6.92 Å². The number of aliphatic hydroxyl groups is 1. The maximum absolute atomic E-state index is 12.9. The van der Waals surface area contributed by atoms with Gasteiger partial charge in [0.15, 0.2) is 0 Å². The number of amides is 1. The molecular formula is C16H23FN2O2. The average Bonchev–Trinajstić information content (AvgIpc) is 2.53. The van der Waals surface area contributed by atoms with E-state index in [0.717, 1.165) is 18.4 Å². The second-order valence-electron chi connectivity index (χ2n) is 5.67. The standard InChI is InChI=1S/C16H23FN2O2/c1-2-14(18)16(21)19-9-7-12(8-10-19)15(20)11-3-5-13(17)6-4-11/h3-6,12,14-15,20H,2,7-10,18H2,1H3/t14-,15?/m0/s1. The number of carbonyl (C=O) groups excluding carboxylic acids is 1. The molecule has 1 fully saturated rings. The Bertz CT molecular complexity index is 470. The molecule has 116 valence electrons. The predicted molar refractivity (Wildman–Crippen MR) is 78.9 cm³/mol. The molecule has 1 aromatic carbocycles. The average molecular weight is 294 g/mol. The highest BCUT2D eigenvalue weighted by atomic mass is 19.1. The molecule has 3 N–H and O–H groups in total.